The van der Waals surface area contributed by atoms with Gasteiger partial charge in [0.25, 0.3) is 5.91 Å². The molecule has 0 unspecified atom stereocenters. The van der Waals surface area contributed by atoms with E-state index in [2.05, 4.69) is 6.07 Å². The zero-order valence-electron chi connectivity index (χ0n) is 13.9. The number of nitrogens with zero attached hydrogens (tertiary/aromatic N) is 2. The molecule has 2 aromatic carbocycles. The summed E-state index contributed by atoms with van der Waals surface area (Å²) in [6.45, 7) is 1.17. The van der Waals surface area contributed by atoms with E-state index in [-0.39, 0.29) is 5.91 Å². The number of aryl methyl sites for hydroxylation is 1. The zero-order chi connectivity index (χ0) is 17.4. The maximum atomic E-state index is 13.1. The summed E-state index contributed by atoms with van der Waals surface area (Å²) in [5.74, 6) is -0.179. The monoisotopic (exact) mass is 334 g/mol. The maximum Gasteiger partial charge on any atom is 0.366 e. The minimum atomic E-state index is -0.491. The highest BCUT2D eigenvalue weighted by Crippen LogP contribution is 2.25. The summed E-state index contributed by atoms with van der Waals surface area (Å²) in [6.07, 6.45) is 0.814. The first-order chi connectivity index (χ1) is 12.1. The Labute approximate surface area is 145 Å². The lowest BCUT2D eigenvalue weighted by Gasteiger charge is -2.28. The molecule has 1 aliphatic heterocycles. The molecule has 0 fully saturated rings. The van der Waals surface area contributed by atoms with Gasteiger partial charge in [0.05, 0.1) is 0 Å². The third kappa shape index (κ3) is 2.67. The molecule has 1 aliphatic rings. The quantitative estimate of drug-likeness (QED) is 0.724. The van der Waals surface area contributed by atoms with Crippen LogP contribution in [0.15, 0.2) is 63.9 Å². The molecular weight excluding hydrogens is 316 g/mol. The van der Waals surface area contributed by atoms with Gasteiger partial charge in [0.1, 0.15) is 5.56 Å². The molecule has 1 aromatic heterocycles. The summed E-state index contributed by atoms with van der Waals surface area (Å²) in [4.78, 5) is 27.2. The van der Waals surface area contributed by atoms with Gasteiger partial charge in [0.15, 0.2) is 5.69 Å². The largest absolute Gasteiger partial charge is 0.366 e. The van der Waals surface area contributed by atoms with Gasteiger partial charge in [-0.2, -0.15) is 0 Å². The predicted molar refractivity (Wildman–Crippen MR) is 94.3 cm³/mol. The summed E-state index contributed by atoms with van der Waals surface area (Å²) in [6, 6.07) is 17.3. The summed E-state index contributed by atoms with van der Waals surface area (Å²) >= 11 is 0. The van der Waals surface area contributed by atoms with Gasteiger partial charge < -0.3 is 9.42 Å². The molecule has 1 amide bonds. The smallest absolute Gasteiger partial charge is 0.335 e. The molecule has 0 aliphatic carbocycles. The van der Waals surface area contributed by atoms with Gasteiger partial charge in [0, 0.05) is 20.1 Å². The number of fused-ring (bicyclic) bond motifs is 1. The number of aromatic nitrogens is 1. The average molecular weight is 334 g/mol. The van der Waals surface area contributed by atoms with E-state index in [9.17, 15) is 9.59 Å². The number of carbonyl (C=O) groups excluding carboxylic acids is 1. The van der Waals surface area contributed by atoms with Crippen LogP contribution in [0.5, 0.6) is 0 Å². The van der Waals surface area contributed by atoms with Crippen LogP contribution in [0.4, 0.5) is 0 Å². The first kappa shape index (κ1) is 15.4. The summed E-state index contributed by atoms with van der Waals surface area (Å²) in [7, 11) is 1.60. The molecule has 25 heavy (non-hydrogen) atoms. The van der Waals surface area contributed by atoms with Crippen LogP contribution in [0, 0.1) is 0 Å². The molecule has 3 aromatic rings. The molecule has 4 rings (SSSR count). The molecule has 0 radical (unpaired) electrons. The molecule has 5 heteroatoms. The fourth-order valence-electron chi connectivity index (χ4n) is 3.39. The fraction of sp³-hybridized carbons (Fsp3) is 0.200. The Morgan fingerprint density at radius 2 is 1.68 bits per heavy atom. The van der Waals surface area contributed by atoms with E-state index in [0.29, 0.717) is 29.9 Å². The molecule has 0 spiro atoms. The molecular formula is C20H18N2O3. The number of amides is 1. The van der Waals surface area contributed by atoms with Crippen LogP contribution >= 0.6 is 0 Å². The Hall–Kier alpha value is -3.08. The van der Waals surface area contributed by atoms with Crippen LogP contribution in [0.2, 0.25) is 0 Å². The van der Waals surface area contributed by atoms with Crippen LogP contribution in [-0.2, 0) is 20.0 Å². The third-order valence-electron chi connectivity index (χ3n) is 4.66. The molecule has 2 heterocycles. The van der Waals surface area contributed by atoms with Gasteiger partial charge in [0.2, 0.25) is 0 Å². The van der Waals surface area contributed by atoms with Crippen molar-refractivity contribution < 1.29 is 9.32 Å². The highest BCUT2D eigenvalue weighted by molar-refractivity contribution is 5.99. The molecule has 126 valence electrons. The lowest BCUT2D eigenvalue weighted by atomic mass is 9.99. The van der Waals surface area contributed by atoms with E-state index in [0.717, 1.165) is 12.0 Å². The normalized spacial score (nSPS) is 13.6. The second-order valence-corrected chi connectivity index (χ2v) is 6.21. The van der Waals surface area contributed by atoms with Gasteiger partial charge >= 0.3 is 5.63 Å². The van der Waals surface area contributed by atoms with Crippen molar-refractivity contribution in [3.63, 3.8) is 0 Å². The minimum Gasteiger partial charge on any atom is -0.335 e. The van der Waals surface area contributed by atoms with Gasteiger partial charge in [-0.15, -0.1) is 0 Å². The fourth-order valence-corrected chi connectivity index (χ4v) is 3.39. The Morgan fingerprint density at radius 1 is 1.00 bits per heavy atom. The van der Waals surface area contributed by atoms with Crippen molar-refractivity contribution in [2.45, 2.75) is 13.0 Å². The number of hydrogen-bond acceptors (Lipinski definition) is 3. The summed E-state index contributed by atoms with van der Waals surface area (Å²) in [5, 5.41) is 0. The Balaban J connectivity index is 1.74. The zero-order valence-corrected chi connectivity index (χ0v) is 13.9. The lowest BCUT2D eigenvalue weighted by molar-refractivity contribution is 0.0712. The third-order valence-corrected chi connectivity index (χ3v) is 4.66. The Bertz CT molecular complexity index is 986. The van der Waals surface area contributed by atoms with Crippen molar-refractivity contribution in [2.24, 2.45) is 7.05 Å². The van der Waals surface area contributed by atoms with E-state index in [4.69, 9.17) is 4.52 Å². The van der Waals surface area contributed by atoms with Gasteiger partial charge in [-0.1, -0.05) is 54.6 Å². The van der Waals surface area contributed by atoms with Gasteiger partial charge in [-0.05, 0) is 23.1 Å². The topological polar surface area (TPSA) is 55.5 Å². The van der Waals surface area contributed by atoms with Crippen molar-refractivity contribution >= 4 is 5.91 Å². The van der Waals surface area contributed by atoms with E-state index in [1.165, 1.54) is 10.3 Å². The highest BCUT2D eigenvalue weighted by Gasteiger charge is 2.29. The molecule has 0 N–H and O–H groups in total. The van der Waals surface area contributed by atoms with Crippen LogP contribution in [0.25, 0.3) is 11.1 Å². The van der Waals surface area contributed by atoms with Crippen LogP contribution in [0.3, 0.4) is 0 Å². The number of hydrogen-bond donors (Lipinski definition) is 0. The number of benzene rings is 2. The van der Waals surface area contributed by atoms with Crippen molar-refractivity contribution in [1.82, 2.24) is 9.64 Å². The molecule has 0 saturated heterocycles. The average Bonchev–Trinajstić information content (AvgIpc) is 2.95. The number of rotatable bonds is 2. The minimum absolute atomic E-state index is 0.179. The molecule has 5 nitrogen and oxygen atoms in total. The van der Waals surface area contributed by atoms with Gasteiger partial charge in [-0.3, -0.25) is 4.79 Å². The van der Waals surface area contributed by atoms with Crippen molar-refractivity contribution in [2.75, 3.05) is 6.54 Å². The molecule has 0 saturated carbocycles. The van der Waals surface area contributed by atoms with E-state index in [1.807, 2.05) is 48.5 Å². The first-order valence-corrected chi connectivity index (χ1v) is 8.27. The second-order valence-electron chi connectivity index (χ2n) is 6.21. The molecule has 0 bridgehead atoms. The summed E-state index contributed by atoms with van der Waals surface area (Å²) < 4.78 is 6.48. The number of carbonyl (C=O) groups is 1. The van der Waals surface area contributed by atoms with E-state index in [1.54, 1.807) is 11.9 Å². The molecule has 0 atom stereocenters. The van der Waals surface area contributed by atoms with Gasteiger partial charge in [-0.25, -0.2) is 9.53 Å². The van der Waals surface area contributed by atoms with Crippen molar-refractivity contribution in [1.29, 1.82) is 0 Å². The van der Waals surface area contributed by atoms with Crippen molar-refractivity contribution in [3.8, 4) is 11.1 Å². The van der Waals surface area contributed by atoms with Crippen LogP contribution < -0.4 is 5.63 Å². The highest BCUT2D eigenvalue weighted by atomic mass is 16.5. The Morgan fingerprint density at radius 3 is 2.44 bits per heavy atom. The Kier molecular flexibility index (Phi) is 3.76. The standard InChI is InChI=1S/C20H18N2O3/c1-21-18(17(20(24)25-21)15-8-3-2-4-9-15)19(23)22-12-11-14-7-5-6-10-16(14)13-22/h2-10H,11-13H2,1H3. The first-order valence-electron chi connectivity index (χ1n) is 8.27. The predicted octanol–water partition coefficient (Wildman–Crippen LogP) is 2.84. The maximum absolute atomic E-state index is 13.1. The summed E-state index contributed by atoms with van der Waals surface area (Å²) in [5.41, 5.74) is 3.25. The SMILES string of the molecule is Cn1oc(=O)c(-c2ccccc2)c1C(=O)N1CCc2ccccc2C1. The van der Waals surface area contributed by atoms with Crippen molar-refractivity contribution in [3.05, 3.63) is 81.8 Å². The van der Waals surface area contributed by atoms with E-state index < -0.39 is 5.63 Å². The lowest BCUT2D eigenvalue weighted by Crippen LogP contribution is -2.37. The van der Waals surface area contributed by atoms with E-state index >= 15 is 0 Å². The van der Waals surface area contributed by atoms with Crippen LogP contribution in [0.1, 0.15) is 21.6 Å². The van der Waals surface area contributed by atoms with Crippen LogP contribution in [-0.4, -0.2) is 22.1 Å². The second kappa shape index (κ2) is 6.09.